The Morgan fingerprint density at radius 1 is 1.24 bits per heavy atom. The monoisotopic (exact) mass is 228 g/mol. The average Bonchev–Trinajstić information content (AvgIpc) is 2.98. The van der Waals surface area contributed by atoms with Gasteiger partial charge in [-0.3, -0.25) is 4.57 Å². The molecule has 3 rings (SSSR count). The molecule has 1 fully saturated rings. The zero-order valence-electron chi connectivity index (χ0n) is 9.93. The molecule has 1 aliphatic rings. The summed E-state index contributed by atoms with van der Waals surface area (Å²) in [6, 6.07) is 10.6. The highest BCUT2D eigenvalue weighted by Gasteiger charge is 2.23. The van der Waals surface area contributed by atoms with E-state index in [1.165, 1.54) is 6.42 Å². The maximum Gasteiger partial charge on any atom is 0.154 e. The summed E-state index contributed by atoms with van der Waals surface area (Å²) < 4.78 is 2.14. The molecule has 0 bridgehead atoms. The van der Waals surface area contributed by atoms with Gasteiger partial charge >= 0.3 is 0 Å². The van der Waals surface area contributed by atoms with Gasteiger partial charge in [0.1, 0.15) is 5.82 Å². The van der Waals surface area contributed by atoms with Gasteiger partial charge in [-0.05, 0) is 38.4 Å². The smallest absolute Gasteiger partial charge is 0.154 e. The highest BCUT2D eigenvalue weighted by molar-refractivity contribution is 5.34. The first-order valence-electron chi connectivity index (χ1n) is 6.07. The van der Waals surface area contributed by atoms with E-state index in [0.717, 1.165) is 30.3 Å². The van der Waals surface area contributed by atoms with Gasteiger partial charge in [0.15, 0.2) is 5.82 Å². The summed E-state index contributed by atoms with van der Waals surface area (Å²) in [5.41, 5.74) is 1.14. The van der Waals surface area contributed by atoms with Crippen LogP contribution in [0.25, 0.3) is 5.69 Å². The largest absolute Gasteiger partial charge is 0.307 e. The minimum absolute atomic E-state index is 0.344. The van der Waals surface area contributed by atoms with Crippen molar-refractivity contribution in [3.8, 4) is 5.69 Å². The maximum atomic E-state index is 4.32. The van der Waals surface area contributed by atoms with Crippen LogP contribution < -0.4 is 5.32 Å². The molecule has 0 aliphatic carbocycles. The predicted octanol–water partition coefficient (Wildman–Crippen LogP) is 2.00. The molecule has 0 unspecified atom stereocenters. The van der Waals surface area contributed by atoms with Crippen molar-refractivity contribution < 1.29 is 0 Å². The molecule has 1 saturated heterocycles. The number of aryl methyl sites for hydroxylation is 1. The molecule has 0 saturated carbocycles. The van der Waals surface area contributed by atoms with E-state index in [2.05, 4.69) is 32.2 Å². The third-order valence-electron chi connectivity index (χ3n) is 3.24. The summed E-state index contributed by atoms with van der Waals surface area (Å²) in [5.74, 6) is 1.98. The molecule has 17 heavy (non-hydrogen) atoms. The Kier molecular flexibility index (Phi) is 2.65. The van der Waals surface area contributed by atoms with E-state index in [4.69, 9.17) is 0 Å². The van der Waals surface area contributed by atoms with E-state index in [1.54, 1.807) is 0 Å². The van der Waals surface area contributed by atoms with E-state index in [9.17, 15) is 0 Å². The number of benzene rings is 1. The van der Waals surface area contributed by atoms with Crippen LogP contribution >= 0.6 is 0 Å². The van der Waals surface area contributed by atoms with E-state index in [-0.39, 0.29) is 0 Å². The molecule has 1 N–H and O–H groups in total. The summed E-state index contributed by atoms with van der Waals surface area (Å²) in [7, 11) is 0. The Balaban J connectivity index is 2.06. The molecule has 0 radical (unpaired) electrons. The van der Waals surface area contributed by atoms with Crippen molar-refractivity contribution >= 4 is 0 Å². The van der Waals surface area contributed by atoms with Gasteiger partial charge < -0.3 is 5.32 Å². The third kappa shape index (κ3) is 1.85. The summed E-state index contributed by atoms with van der Waals surface area (Å²) in [6.45, 7) is 3.07. The SMILES string of the molecule is Cc1nnc([C@H]2CCCN2)n1-c1ccccc1. The fourth-order valence-corrected chi connectivity index (χ4v) is 2.41. The standard InChI is InChI=1S/C13H16N4/c1-10-15-16-13(12-8-5-9-14-12)17(10)11-6-3-2-4-7-11/h2-4,6-7,12,14H,5,8-9H2,1H3/t12-/m1/s1. The van der Waals surface area contributed by atoms with Gasteiger partial charge in [0.2, 0.25) is 0 Å². The summed E-state index contributed by atoms with van der Waals surface area (Å²) in [4.78, 5) is 0. The summed E-state index contributed by atoms with van der Waals surface area (Å²) in [6.07, 6.45) is 2.36. The lowest BCUT2D eigenvalue weighted by Crippen LogP contribution is -2.17. The van der Waals surface area contributed by atoms with Crippen molar-refractivity contribution in [3.63, 3.8) is 0 Å². The van der Waals surface area contributed by atoms with Gasteiger partial charge in [0.25, 0.3) is 0 Å². The molecule has 0 amide bonds. The molecule has 2 aromatic rings. The molecule has 1 aromatic heterocycles. The second-order valence-corrected chi connectivity index (χ2v) is 4.43. The second kappa shape index (κ2) is 4.30. The number of hydrogen-bond acceptors (Lipinski definition) is 3. The quantitative estimate of drug-likeness (QED) is 0.855. The summed E-state index contributed by atoms with van der Waals surface area (Å²) in [5, 5.41) is 12.0. The Morgan fingerprint density at radius 2 is 2.06 bits per heavy atom. The first-order chi connectivity index (χ1) is 8.36. The van der Waals surface area contributed by atoms with Crippen molar-refractivity contribution in [2.45, 2.75) is 25.8 Å². The van der Waals surface area contributed by atoms with Crippen LogP contribution in [0.2, 0.25) is 0 Å². The second-order valence-electron chi connectivity index (χ2n) is 4.43. The van der Waals surface area contributed by atoms with Crippen LogP contribution in [0.5, 0.6) is 0 Å². The van der Waals surface area contributed by atoms with Crippen LogP contribution in [0.3, 0.4) is 0 Å². The molecule has 88 valence electrons. The number of rotatable bonds is 2. The first kappa shape index (κ1) is 10.5. The van der Waals surface area contributed by atoms with Crippen LogP contribution in [0.15, 0.2) is 30.3 Å². The fraction of sp³-hybridized carbons (Fsp3) is 0.385. The number of hydrogen-bond donors (Lipinski definition) is 1. The molecule has 4 heteroatoms. The van der Waals surface area contributed by atoms with Gasteiger partial charge in [-0.2, -0.15) is 0 Å². The number of nitrogens with zero attached hydrogens (tertiary/aromatic N) is 3. The third-order valence-corrected chi connectivity index (χ3v) is 3.24. The van der Waals surface area contributed by atoms with E-state index < -0.39 is 0 Å². The molecule has 1 aromatic carbocycles. The van der Waals surface area contributed by atoms with Crippen molar-refractivity contribution in [3.05, 3.63) is 42.0 Å². The fourth-order valence-electron chi connectivity index (χ4n) is 2.41. The first-order valence-corrected chi connectivity index (χ1v) is 6.07. The van der Waals surface area contributed by atoms with Crippen LogP contribution in [-0.4, -0.2) is 21.3 Å². The normalized spacial score (nSPS) is 19.7. The number of para-hydroxylation sites is 1. The highest BCUT2D eigenvalue weighted by Crippen LogP contribution is 2.24. The van der Waals surface area contributed by atoms with Crippen LogP contribution in [0.1, 0.15) is 30.5 Å². The Hall–Kier alpha value is -1.68. The lowest BCUT2D eigenvalue weighted by molar-refractivity contribution is 0.591. The van der Waals surface area contributed by atoms with Crippen molar-refractivity contribution in [2.24, 2.45) is 0 Å². The van der Waals surface area contributed by atoms with Gasteiger partial charge in [-0.15, -0.1) is 10.2 Å². The van der Waals surface area contributed by atoms with Gasteiger partial charge in [-0.1, -0.05) is 18.2 Å². The van der Waals surface area contributed by atoms with Crippen molar-refractivity contribution in [1.29, 1.82) is 0 Å². The van der Waals surface area contributed by atoms with Gasteiger partial charge in [0, 0.05) is 5.69 Å². The molecule has 1 aliphatic heterocycles. The number of nitrogens with one attached hydrogen (secondary N) is 1. The zero-order chi connectivity index (χ0) is 11.7. The Bertz CT molecular complexity index is 497. The lowest BCUT2D eigenvalue weighted by atomic mass is 10.2. The molecular formula is C13H16N4. The van der Waals surface area contributed by atoms with Gasteiger partial charge in [0.05, 0.1) is 6.04 Å². The van der Waals surface area contributed by atoms with Gasteiger partial charge in [-0.25, -0.2) is 0 Å². The minimum Gasteiger partial charge on any atom is -0.307 e. The lowest BCUT2D eigenvalue weighted by Gasteiger charge is -2.13. The molecular weight excluding hydrogens is 212 g/mol. The topological polar surface area (TPSA) is 42.7 Å². The Labute approximate surface area is 101 Å². The Morgan fingerprint density at radius 3 is 2.76 bits per heavy atom. The van der Waals surface area contributed by atoms with Crippen LogP contribution in [0, 0.1) is 6.92 Å². The molecule has 1 atom stereocenters. The zero-order valence-corrected chi connectivity index (χ0v) is 9.93. The highest BCUT2D eigenvalue weighted by atomic mass is 15.3. The van der Waals surface area contributed by atoms with E-state index in [0.29, 0.717) is 6.04 Å². The maximum absolute atomic E-state index is 4.32. The minimum atomic E-state index is 0.344. The predicted molar refractivity (Wildman–Crippen MR) is 66.1 cm³/mol. The molecule has 4 nitrogen and oxygen atoms in total. The van der Waals surface area contributed by atoms with Crippen LogP contribution in [0.4, 0.5) is 0 Å². The van der Waals surface area contributed by atoms with E-state index >= 15 is 0 Å². The average molecular weight is 228 g/mol. The van der Waals surface area contributed by atoms with Crippen molar-refractivity contribution in [1.82, 2.24) is 20.1 Å². The molecule has 0 spiro atoms. The number of aromatic nitrogens is 3. The molecule has 2 heterocycles. The van der Waals surface area contributed by atoms with Crippen LogP contribution in [-0.2, 0) is 0 Å². The van der Waals surface area contributed by atoms with Crippen molar-refractivity contribution in [2.75, 3.05) is 6.54 Å². The summed E-state index contributed by atoms with van der Waals surface area (Å²) >= 11 is 0. The van der Waals surface area contributed by atoms with E-state index in [1.807, 2.05) is 25.1 Å².